The van der Waals surface area contributed by atoms with Crippen LogP contribution in [-0.2, 0) is 6.54 Å². The third kappa shape index (κ3) is 6.89. The number of nitrogens with two attached hydrogens (primary N) is 1. The van der Waals surface area contributed by atoms with Crippen LogP contribution in [0.15, 0.2) is 40.4 Å². The van der Waals surface area contributed by atoms with Crippen LogP contribution in [0.3, 0.4) is 0 Å². The van der Waals surface area contributed by atoms with E-state index in [2.05, 4.69) is 30.6 Å². The Morgan fingerprint density at radius 3 is 2.60 bits per heavy atom. The quantitative estimate of drug-likeness (QED) is 0.181. The lowest BCUT2D eigenvalue weighted by Gasteiger charge is -2.16. The maximum absolute atomic E-state index is 13.2. The van der Waals surface area contributed by atoms with Crippen LogP contribution in [0.5, 0.6) is 5.75 Å². The first-order valence-electron chi connectivity index (χ1n) is 11.9. The molecular weight excluding hydrogens is 579 g/mol. The Morgan fingerprint density at radius 1 is 1.23 bits per heavy atom. The van der Waals surface area contributed by atoms with E-state index in [9.17, 15) is 4.79 Å². The Kier molecular flexibility index (Phi) is 9.25. The first kappa shape index (κ1) is 29.3. The Hall–Kier alpha value is -3.71. The maximum Gasteiger partial charge on any atom is 0.254 e. The third-order valence-electron chi connectivity index (χ3n) is 5.62. The molecule has 1 unspecified atom stereocenters. The summed E-state index contributed by atoms with van der Waals surface area (Å²) in [6, 6.07) is 5.93. The number of aromatic amines is 1. The van der Waals surface area contributed by atoms with E-state index in [1.165, 1.54) is 25.6 Å². The molecule has 0 bridgehead atoms. The molecule has 210 valence electrons. The van der Waals surface area contributed by atoms with Crippen LogP contribution in [0.4, 0.5) is 5.69 Å². The molecule has 2 aromatic carbocycles. The van der Waals surface area contributed by atoms with Gasteiger partial charge in [-0.2, -0.15) is 0 Å². The zero-order chi connectivity index (χ0) is 29.0. The van der Waals surface area contributed by atoms with Gasteiger partial charge in [-0.05, 0) is 39.2 Å². The van der Waals surface area contributed by atoms with Crippen molar-refractivity contribution in [2.75, 3.05) is 27.7 Å². The Morgan fingerprint density at radius 2 is 1.95 bits per heavy atom. The molecule has 1 amide bonds. The SMILES string of the molecule is COc1cc2nc(C(CNC(=O)c3c(Cl)cc(N=CN=C(C)N)cc3Cl)n3cc(CN(C)C)nn3)[nH]c2cc1Cl. The minimum atomic E-state index is -0.552. The van der Waals surface area contributed by atoms with Crippen molar-refractivity contribution in [1.82, 2.24) is 35.2 Å². The highest BCUT2D eigenvalue weighted by atomic mass is 35.5. The van der Waals surface area contributed by atoms with Gasteiger partial charge >= 0.3 is 0 Å². The standard InChI is InChI=1S/C25H27Cl3N10O2/c1-13(29)31-12-32-14-5-17(27)23(18(28)6-14)25(39)30-9-21(38-11-15(35-36-38)10-37(2)3)24-33-19-7-16(26)22(40-4)8-20(19)34-24/h5-8,11-12,21H,9-10H2,1-4H3,(H,30,39)(H,33,34)(H2,29,31,32). The number of halogens is 3. The number of methoxy groups -OCH3 is 1. The minimum absolute atomic E-state index is 0.0886. The van der Waals surface area contributed by atoms with Crippen molar-refractivity contribution >= 4 is 69.6 Å². The molecule has 4 rings (SSSR count). The van der Waals surface area contributed by atoms with Crippen LogP contribution in [0.25, 0.3) is 11.0 Å². The fourth-order valence-electron chi connectivity index (χ4n) is 3.84. The Balaban J connectivity index is 1.63. The molecule has 12 nitrogen and oxygen atoms in total. The molecule has 0 aliphatic heterocycles. The number of carbonyl (C=O) groups is 1. The fourth-order valence-corrected chi connectivity index (χ4v) is 4.73. The van der Waals surface area contributed by atoms with Gasteiger partial charge in [0.15, 0.2) is 0 Å². The number of aliphatic imine (C=N–C) groups is 2. The highest BCUT2D eigenvalue weighted by Crippen LogP contribution is 2.32. The van der Waals surface area contributed by atoms with Gasteiger partial charge < -0.3 is 25.7 Å². The van der Waals surface area contributed by atoms with Gasteiger partial charge in [0, 0.05) is 19.2 Å². The minimum Gasteiger partial charge on any atom is -0.495 e. The van der Waals surface area contributed by atoms with Crippen molar-refractivity contribution in [3.63, 3.8) is 0 Å². The maximum atomic E-state index is 13.2. The molecule has 0 saturated carbocycles. The van der Waals surface area contributed by atoms with E-state index in [1.54, 1.807) is 29.9 Å². The first-order chi connectivity index (χ1) is 19.0. The number of fused-ring (bicyclic) bond motifs is 1. The molecule has 0 radical (unpaired) electrons. The summed E-state index contributed by atoms with van der Waals surface area (Å²) in [5.74, 6) is 0.881. The van der Waals surface area contributed by atoms with Gasteiger partial charge in [-0.25, -0.2) is 19.7 Å². The number of amidine groups is 1. The molecule has 0 aliphatic carbocycles. The van der Waals surface area contributed by atoms with Crippen LogP contribution in [0.1, 0.15) is 34.8 Å². The van der Waals surface area contributed by atoms with Gasteiger partial charge in [0.1, 0.15) is 24.0 Å². The zero-order valence-corrected chi connectivity index (χ0v) is 24.4. The van der Waals surface area contributed by atoms with Crippen molar-refractivity contribution < 1.29 is 9.53 Å². The van der Waals surface area contributed by atoms with E-state index in [4.69, 9.17) is 50.3 Å². The molecular formula is C25H27Cl3N10O2. The topological polar surface area (TPSA) is 152 Å². The average Bonchev–Trinajstić information content (AvgIpc) is 3.49. The number of benzene rings is 2. The monoisotopic (exact) mass is 604 g/mol. The molecule has 15 heteroatoms. The Bertz CT molecular complexity index is 1570. The number of carbonyl (C=O) groups excluding carboxylic acids is 1. The van der Waals surface area contributed by atoms with Gasteiger partial charge in [-0.1, -0.05) is 40.0 Å². The normalized spacial score (nSPS) is 12.9. The van der Waals surface area contributed by atoms with Gasteiger partial charge in [0.2, 0.25) is 0 Å². The van der Waals surface area contributed by atoms with Crippen molar-refractivity contribution in [3.8, 4) is 5.75 Å². The summed E-state index contributed by atoms with van der Waals surface area (Å²) in [6.07, 6.45) is 3.08. The molecule has 1 atom stereocenters. The molecule has 0 spiro atoms. The van der Waals surface area contributed by atoms with Crippen LogP contribution in [0, 0.1) is 0 Å². The Labute approximate surface area is 245 Å². The summed E-state index contributed by atoms with van der Waals surface area (Å²) in [5, 5.41) is 12.1. The number of hydrogen-bond donors (Lipinski definition) is 3. The number of nitrogens with one attached hydrogen (secondary N) is 2. The van der Waals surface area contributed by atoms with E-state index < -0.39 is 11.9 Å². The van der Waals surface area contributed by atoms with Crippen molar-refractivity contribution in [2.45, 2.75) is 19.5 Å². The van der Waals surface area contributed by atoms with Gasteiger partial charge in [0.05, 0.1) is 62.2 Å². The van der Waals surface area contributed by atoms with Crippen LogP contribution < -0.4 is 15.8 Å². The van der Waals surface area contributed by atoms with E-state index in [0.717, 1.165) is 5.69 Å². The number of aromatic nitrogens is 5. The van der Waals surface area contributed by atoms with Crippen LogP contribution >= 0.6 is 34.8 Å². The lowest BCUT2D eigenvalue weighted by molar-refractivity contribution is 0.0949. The summed E-state index contributed by atoms with van der Waals surface area (Å²) < 4.78 is 6.95. The number of amides is 1. The van der Waals surface area contributed by atoms with E-state index in [0.29, 0.717) is 45.7 Å². The molecule has 0 aliphatic rings. The molecule has 4 aromatic rings. The zero-order valence-electron chi connectivity index (χ0n) is 22.1. The number of rotatable bonds is 10. The molecule has 4 N–H and O–H groups in total. The molecule has 0 saturated heterocycles. The van der Waals surface area contributed by atoms with Crippen molar-refractivity contribution in [3.05, 3.63) is 62.6 Å². The summed E-state index contributed by atoms with van der Waals surface area (Å²) in [5.41, 5.74) is 8.11. The smallest absolute Gasteiger partial charge is 0.254 e. The molecule has 2 aromatic heterocycles. The second-order valence-corrected chi connectivity index (χ2v) is 10.3. The number of imidazole rings is 1. The summed E-state index contributed by atoms with van der Waals surface area (Å²) in [7, 11) is 5.40. The predicted molar refractivity (Wildman–Crippen MR) is 157 cm³/mol. The largest absolute Gasteiger partial charge is 0.495 e. The molecule has 0 fully saturated rings. The van der Waals surface area contributed by atoms with Crippen LogP contribution in [0.2, 0.25) is 15.1 Å². The second kappa shape index (κ2) is 12.6. The third-order valence-corrected chi connectivity index (χ3v) is 6.51. The number of H-pyrrole nitrogens is 1. The lowest BCUT2D eigenvalue weighted by atomic mass is 10.1. The summed E-state index contributed by atoms with van der Waals surface area (Å²) in [6.45, 7) is 2.31. The van der Waals surface area contributed by atoms with Crippen LogP contribution in [-0.4, -0.2) is 75.7 Å². The van der Waals surface area contributed by atoms with Gasteiger partial charge in [-0.15, -0.1) is 5.10 Å². The summed E-state index contributed by atoms with van der Waals surface area (Å²) >= 11 is 19.1. The number of nitrogens with zero attached hydrogens (tertiary/aromatic N) is 7. The van der Waals surface area contributed by atoms with Crippen molar-refractivity contribution in [1.29, 1.82) is 0 Å². The predicted octanol–water partition coefficient (Wildman–Crippen LogP) is 4.24. The summed E-state index contributed by atoms with van der Waals surface area (Å²) in [4.78, 5) is 31.2. The highest BCUT2D eigenvalue weighted by molar-refractivity contribution is 6.40. The fraction of sp³-hybridized carbons (Fsp3) is 0.280. The van der Waals surface area contributed by atoms with E-state index >= 15 is 0 Å². The lowest BCUT2D eigenvalue weighted by Crippen LogP contribution is -2.32. The number of hydrogen-bond acceptors (Lipinski definition) is 7. The van der Waals surface area contributed by atoms with Gasteiger partial charge in [-0.3, -0.25) is 4.79 Å². The molecule has 40 heavy (non-hydrogen) atoms. The number of ether oxygens (including phenoxy) is 1. The van der Waals surface area contributed by atoms with Gasteiger partial charge in [0.25, 0.3) is 5.91 Å². The van der Waals surface area contributed by atoms with E-state index in [1.807, 2.05) is 19.0 Å². The van der Waals surface area contributed by atoms with E-state index in [-0.39, 0.29) is 22.2 Å². The second-order valence-electron chi connectivity index (χ2n) is 9.08. The molecule has 2 heterocycles. The first-order valence-corrected chi connectivity index (χ1v) is 13.1. The highest BCUT2D eigenvalue weighted by Gasteiger charge is 2.24. The van der Waals surface area contributed by atoms with Crippen molar-refractivity contribution in [2.24, 2.45) is 15.7 Å². The average molecular weight is 606 g/mol.